The van der Waals surface area contributed by atoms with Gasteiger partial charge in [-0.3, -0.25) is 4.79 Å². The van der Waals surface area contributed by atoms with Gasteiger partial charge in [0.15, 0.2) is 0 Å². The van der Waals surface area contributed by atoms with Crippen molar-refractivity contribution in [2.24, 2.45) is 21.5 Å². The minimum atomic E-state index is -4.42. The standard InChI is InChI=1S/C16H21F3N2O5S2/c1-11(5-16(17,18)19)15(22)21-6-12-4-13(7-21)10-27(23,9-12)20-28(24,25)14-2-3-26-8-14/h2-3,8,11-13H,4-7,9-10H2,1H3/t11-,12?,13?,27?/m1/s1. The van der Waals surface area contributed by atoms with Gasteiger partial charge >= 0.3 is 6.18 Å². The number of furan rings is 1. The number of amides is 1. The highest BCUT2D eigenvalue weighted by molar-refractivity contribution is 8.03. The lowest BCUT2D eigenvalue weighted by atomic mass is 9.90. The molecule has 12 heteroatoms. The molecule has 2 unspecified atom stereocenters. The summed E-state index contributed by atoms with van der Waals surface area (Å²) in [4.78, 5) is 13.6. The van der Waals surface area contributed by atoms with Crippen LogP contribution in [-0.2, 0) is 24.5 Å². The van der Waals surface area contributed by atoms with Crippen molar-refractivity contribution in [1.29, 1.82) is 0 Å². The van der Waals surface area contributed by atoms with E-state index in [2.05, 4.69) is 3.77 Å². The molecule has 0 N–H and O–H groups in total. The van der Waals surface area contributed by atoms with Crippen molar-refractivity contribution < 1.29 is 35.0 Å². The van der Waals surface area contributed by atoms with Gasteiger partial charge in [-0.2, -0.15) is 21.6 Å². The number of piperidine rings is 1. The average molecular weight is 442 g/mol. The normalized spacial score (nSPS) is 29.4. The Kier molecular flexibility index (Phi) is 5.56. The topological polar surface area (TPSA) is 97.0 Å². The Hall–Kier alpha value is -1.56. The van der Waals surface area contributed by atoms with Crippen LogP contribution in [0.1, 0.15) is 19.8 Å². The monoisotopic (exact) mass is 442 g/mol. The third-order valence-electron chi connectivity index (χ3n) is 4.91. The number of carbonyl (C=O) groups excluding carboxylic acids is 1. The zero-order chi connectivity index (χ0) is 20.7. The summed E-state index contributed by atoms with van der Waals surface area (Å²) < 4.78 is 83.8. The van der Waals surface area contributed by atoms with Gasteiger partial charge in [0.05, 0.1) is 22.4 Å². The summed E-state index contributed by atoms with van der Waals surface area (Å²) in [6, 6.07) is 1.22. The number of hydrogen-bond acceptors (Lipinski definition) is 5. The van der Waals surface area contributed by atoms with Crippen molar-refractivity contribution in [3.63, 3.8) is 0 Å². The largest absolute Gasteiger partial charge is 0.471 e. The average Bonchev–Trinajstić information content (AvgIpc) is 3.05. The molecule has 2 aliphatic heterocycles. The molecule has 0 aromatic carbocycles. The second-order valence-electron chi connectivity index (χ2n) is 7.55. The van der Waals surface area contributed by atoms with E-state index in [1.807, 2.05) is 0 Å². The van der Waals surface area contributed by atoms with E-state index < -0.39 is 44.2 Å². The molecule has 0 spiro atoms. The molecule has 0 aliphatic carbocycles. The van der Waals surface area contributed by atoms with E-state index in [-0.39, 0.29) is 41.3 Å². The fourth-order valence-corrected chi connectivity index (χ4v) is 8.73. The predicted octanol–water partition coefficient (Wildman–Crippen LogP) is 2.50. The van der Waals surface area contributed by atoms with Crippen LogP contribution in [0.4, 0.5) is 13.2 Å². The lowest BCUT2D eigenvalue weighted by Gasteiger charge is -2.42. The zero-order valence-corrected chi connectivity index (χ0v) is 16.7. The molecule has 2 bridgehead atoms. The van der Waals surface area contributed by atoms with Gasteiger partial charge in [0.1, 0.15) is 11.2 Å². The van der Waals surface area contributed by atoms with Crippen molar-refractivity contribution >= 4 is 25.7 Å². The quantitative estimate of drug-likeness (QED) is 0.714. The summed E-state index contributed by atoms with van der Waals surface area (Å²) in [5.74, 6) is -2.29. The molecule has 3 rings (SSSR count). The molecule has 0 saturated carbocycles. The van der Waals surface area contributed by atoms with Gasteiger partial charge in [-0.25, -0.2) is 4.21 Å². The maximum absolute atomic E-state index is 13.1. The summed E-state index contributed by atoms with van der Waals surface area (Å²) in [5.41, 5.74) is 0. The lowest BCUT2D eigenvalue weighted by Crippen LogP contribution is -2.52. The third kappa shape index (κ3) is 4.88. The number of fused-ring (bicyclic) bond motifs is 2. The van der Waals surface area contributed by atoms with Gasteiger partial charge in [-0.15, -0.1) is 3.77 Å². The van der Waals surface area contributed by atoms with Crippen LogP contribution >= 0.6 is 0 Å². The second kappa shape index (κ2) is 7.36. The number of rotatable bonds is 4. The molecule has 7 nitrogen and oxygen atoms in total. The van der Waals surface area contributed by atoms with Crippen molar-refractivity contribution in [2.45, 2.75) is 30.8 Å². The van der Waals surface area contributed by atoms with Crippen molar-refractivity contribution in [1.82, 2.24) is 4.90 Å². The minimum absolute atomic E-state index is 0.00197. The number of likely N-dealkylation sites (tertiary alicyclic amines) is 1. The smallest absolute Gasteiger partial charge is 0.389 e. The van der Waals surface area contributed by atoms with E-state index in [4.69, 9.17) is 4.42 Å². The Morgan fingerprint density at radius 1 is 1.36 bits per heavy atom. The number of hydrogen-bond donors (Lipinski definition) is 0. The van der Waals surface area contributed by atoms with Gasteiger partial charge in [-0.05, 0) is 24.3 Å². The first kappa shape index (κ1) is 21.2. The minimum Gasteiger partial charge on any atom is -0.471 e. The molecular formula is C16H21F3N2O5S2. The van der Waals surface area contributed by atoms with Gasteiger partial charge in [0, 0.05) is 30.5 Å². The first-order valence-electron chi connectivity index (χ1n) is 8.73. The fourth-order valence-electron chi connectivity index (χ4n) is 3.97. The molecule has 0 radical (unpaired) electrons. The van der Waals surface area contributed by atoms with Crippen LogP contribution in [0, 0.1) is 17.8 Å². The van der Waals surface area contributed by atoms with E-state index >= 15 is 0 Å². The molecule has 158 valence electrons. The van der Waals surface area contributed by atoms with E-state index in [9.17, 15) is 30.6 Å². The number of carbonyl (C=O) groups is 1. The molecule has 28 heavy (non-hydrogen) atoms. The maximum atomic E-state index is 13.1. The number of sulfonamides is 1. The van der Waals surface area contributed by atoms with Gasteiger partial charge in [0.2, 0.25) is 5.91 Å². The van der Waals surface area contributed by atoms with Crippen LogP contribution in [0.3, 0.4) is 0 Å². The van der Waals surface area contributed by atoms with E-state index in [1.165, 1.54) is 24.2 Å². The van der Waals surface area contributed by atoms with Crippen LogP contribution in [0.2, 0.25) is 0 Å². The summed E-state index contributed by atoms with van der Waals surface area (Å²) in [6.45, 7) is 1.57. The van der Waals surface area contributed by atoms with Crippen molar-refractivity contribution in [3.8, 4) is 0 Å². The first-order chi connectivity index (χ1) is 12.9. The maximum Gasteiger partial charge on any atom is 0.389 e. The van der Waals surface area contributed by atoms with Crippen LogP contribution in [0.15, 0.2) is 31.7 Å². The van der Waals surface area contributed by atoms with E-state index in [0.29, 0.717) is 6.42 Å². The van der Waals surface area contributed by atoms with Crippen molar-refractivity contribution in [3.05, 3.63) is 18.6 Å². The Labute approximate surface area is 161 Å². The molecule has 2 fully saturated rings. The summed E-state index contributed by atoms with van der Waals surface area (Å²) >= 11 is 0. The Balaban J connectivity index is 1.74. The van der Waals surface area contributed by atoms with Crippen LogP contribution in [0.5, 0.6) is 0 Å². The van der Waals surface area contributed by atoms with Crippen molar-refractivity contribution in [2.75, 3.05) is 24.6 Å². The Bertz CT molecular complexity index is 929. The lowest BCUT2D eigenvalue weighted by molar-refractivity contribution is -0.159. The number of halogens is 3. The molecule has 3 atom stereocenters. The summed E-state index contributed by atoms with van der Waals surface area (Å²) in [7, 11) is -7.17. The van der Waals surface area contributed by atoms with Crippen LogP contribution in [-0.4, -0.2) is 54.2 Å². The van der Waals surface area contributed by atoms with E-state index in [0.717, 1.165) is 6.26 Å². The highest BCUT2D eigenvalue weighted by Crippen LogP contribution is 2.34. The molecular weight excluding hydrogens is 421 g/mol. The first-order valence-corrected chi connectivity index (χ1v) is 12.0. The zero-order valence-electron chi connectivity index (χ0n) is 15.1. The fraction of sp³-hybridized carbons (Fsp3) is 0.688. The number of alkyl halides is 3. The summed E-state index contributed by atoms with van der Waals surface area (Å²) in [6.07, 6.45) is -2.78. The highest BCUT2D eigenvalue weighted by atomic mass is 32.3. The van der Waals surface area contributed by atoms with Crippen LogP contribution in [0.25, 0.3) is 0 Å². The molecule has 1 aromatic rings. The van der Waals surface area contributed by atoms with Crippen LogP contribution < -0.4 is 0 Å². The Morgan fingerprint density at radius 3 is 2.46 bits per heavy atom. The molecule has 2 aliphatic rings. The molecule has 1 aromatic heterocycles. The van der Waals surface area contributed by atoms with Gasteiger partial charge < -0.3 is 9.32 Å². The van der Waals surface area contributed by atoms with E-state index in [1.54, 1.807) is 0 Å². The van der Waals surface area contributed by atoms with Gasteiger partial charge in [-0.1, -0.05) is 6.92 Å². The van der Waals surface area contributed by atoms with Gasteiger partial charge in [0.25, 0.3) is 10.0 Å². The third-order valence-corrected chi connectivity index (χ3v) is 9.60. The molecule has 2 saturated heterocycles. The molecule has 1 amide bonds. The SMILES string of the molecule is C[C@H](CC(F)(F)F)C(=O)N1CC2CC(C1)CS(=O)(=NS(=O)(=O)c1ccoc1)C2. The Morgan fingerprint density at radius 2 is 1.96 bits per heavy atom. The number of nitrogens with zero attached hydrogens (tertiary/aromatic N) is 2. The highest BCUT2D eigenvalue weighted by Gasteiger charge is 2.41. The molecule has 3 heterocycles. The summed E-state index contributed by atoms with van der Waals surface area (Å²) in [5, 5.41) is 0. The second-order valence-corrected chi connectivity index (χ2v) is 11.8. The predicted molar refractivity (Wildman–Crippen MR) is 94.2 cm³/mol.